The number of nitrogens with zero attached hydrogens (tertiary/aromatic N) is 4. The second kappa shape index (κ2) is 9.06. The van der Waals surface area contributed by atoms with Crippen LogP contribution in [-0.4, -0.2) is 33.5 Å². The number of carbonyl (C=O) groups is 1. The summed E-state index contributed by atoms with van der Waals surface area (Å²) in [7, 11) is 3.52. The number of carbonyl (C=O) groups excluding carboxylic acids is 1. The first-order valence-corrected chi connectivity index (χ1v) is 9.56. The average Bonchev–Trinajstić information content (AvgIpc) is 3.09. The number of nitriles is 1. The third-order valence-corrected chi connectivity index (χ3v) is 5.09. The van der Waals surface area contributed by atoms with Crippen LogP contribution in [0.25, 0.3) is 11.4 Å². The third-order valence-electron chi connectivity index (χ3n) is 4.07. The van der Waals surface area contributed by atoms with Crippen LogP contribution in [0.2, 0.25) is 0 Å². The Morgan fingerprint density at radius 1 is 1.21 bits per heavy atom. The molecule has 3 aromatic rings. The summed E-state index contributed by atoms with van der Waals surface area (Å²) in [4.78, 5) is 12.2. The minimum atomic E-state index is -0.146. The minimum Gasteiger partial charge on any atom is -0.497 e. The number of amides is 1. The summed E-state index contributed by atoms with van der Waals surface area (Å²) in [5, 5.41) is 21.0. The summed E-state index contributed by atoms with van der Waals surface area (Å²) < 4.78 is 7.07. The van der Waals surface area contributed by atoms with Gasteiger partial charge in [-0.25, -0.2) is 0 Å². The lowest BCUT2D eigenvalue weighted by Crippen LogP contribution is -2.13. The molecule has 0 aliphatic heterocycles. The zero-order chi connectivity index (χ0) is 19.9. The van der Waals surface area contributed by atoms with E-state index in [0.29, 0.717) is 23.4 Å². The molecular formula is C20H19N5O2S. The summed E-state index contributed by atoms with van der Waals surface area (Å²) in [6, 6.07) is 16.6. The van der Waals surface area contributed by atoms with Crippen LogP contribution in [0.4, 0.5) is 5.69 Å². The van der Waals surface area contributed by atoms with Crippen molar-refractivity contribution in [3.8, 4) is 23.2 Å². The van der Waals surface area contributed by atoms with E-state index in [1.54, 1.807) is 31.4 Å². The van der Waals surface area contributed by atoms with E-state index in [2.05, 4.69) is 21.6 Å². The molecule has 0 spiro atoms. The van der Waals surface area contributed by atoms with Crippen LogP contribution in [0.5, 0.6) is 5.75 Å². The Bertz CT molecular complexity index is 1010. The Hall–Kier alpha value is -3.31. The van der Waals surface area contributed by atoms with E-state index in [1.807, 2.05) is 35.9 Å². The van der Waals surface area contributed by atoms with Crippen LogP contribution in [0.15, 0.2) is 53.7 Å². The predicted octanol–water partition coefficient (Wildman–Crippen LogP) is 3.48. The molecule has 0 aliphatic carbocycles. The van der Waals surface area contributed by atoms with Crippen LogP contribution in [0.3, 0.4) is 0 Å². The molecule has 0 radical (unpaired) electrons. The Labute approximate surface area is 167 Å². The molecule has 0 saturated heterocycles. The molecule has 0 bridgehead atoms. The van der Waals surface area contributed by atoms with Gasteiger partial charge in [-0.2, -0.15) is 5.26 Å². The fraction of sp³-hybridized carbons (Fsp3) is 0.200. The van der Waals surface area contributed by atoms with Crippen LogP contribution in [0, 0.1) is 11.3 Å². The Morgan fingerprint density at radius 2 is 1.96 bits per heavy atom. The molecule has 7 nitrogen and oxygen atoms in total. The first-order chi connectivity index (χ1) is 13.6. The molecular weight excluding hydrogens is 374 g/mol. The van der Waals surface area contributed by atoms with Crippen molar-refractivity contribution in [2.24, 2.45) is 7.05 Å². The van der Waals surface area contributed by atoms with E-state index in [0.717, 1.165) is 22.3 Å². The average molecular weight is 393 g/mol. The molecule has 0 saturated carbocycles. The molecule has 0 atom stereocenters. The highest BCUT2D eigenvalue weighted by Crippen LogP contribution is 2.25. The number of ether oxygens (including phenoxy) is 1. The number of aromatic nitrogens is 3. The summed E-state index contributed by atoms with van der Waals surface area (Å²) in [6.45, 7) is 0. The SMILES string of the molecule is COc1ccc(-c2nnc(SCCC(=O)Nc3ccccc3C#N)n2C)cc1. The molecule has 0 aliphatic rings. The van der Waals surface area contributed by atoms with E-state index in [9.17, 15) is 4.79 Å². The second-order valence-electron chi connectivity index (χ2n) is 5.90. The zero-order valence-electron chi connectivity index (χ0n) is 15.5. The van der Waals surface area contributed by atoms with Gasteiger partial charge in [-0.05, 0) is 36.4 Å². The van der Waals surface area contributed by atoms with Crippen molar-refractivity contribution in [2.45, 2.75) is 11.6 Å². The fourth-order valence-corrected chi connectivity index (χ4v) is 3.42. The number of thioether (sulfide) groups is 1. The van der Waals surface area contributed by atoms with E-state index in [4.69, 9.17) is 10.00 Å². The number of hydrogen-bond donors (Lipinski definition) is 1. The van der Waals surface area contributed by atoms with Gasteiger partial charge >= 0.3 is 0 Å². The molecule has 1 amide bonds. The Kier molecular flexibility index (Phi) is 6.29. The smallest absolute Gasteiger partial charge is 0.225 e. The normalized spacial score (nSPS) is 10.3. The van der Waals surface area contributed by atoms with Gasteiger partial charge in [0.25, 0.3) is 0 Å². The second-order valence-corrected chi connectivity index (χ2v) is 6.96. The molecule has 8 heteroatoms. The fourth-order valence-electron chi connectivity index (χ4n) is 2.57. The maximum atomic E-state index is 12.2. The quantitative estimate of drug-likeness (QED) is 0.618. The Balaban J connectivity index is 1.57. The first-order valence-electron chi connectivity index (χ1n) is 8.58. The van der Waals surface area contributed by atoms with Crippen LogP contribution >= 0.6 is 11.8 Å². The topological polar surface area (TPSA) is 92.8 Å². The van der Waals surface area contributed by atoms with Crippen LogP contribution in [0.1, 0.15) is 12.0 Å². The summed E-state index contributed by atoms with van der Waals surface area (Å²) >= 11 is 1.46. The summed E-state index contributed by atoms with van der Waals surface area (Å²) in [5.74, 6) is 1.93. The molecule has 3 rings (SSSR count). The van der Waals surface area contributed by atoms with E-state index >= 15 is 0 Å². The molecule has 0 fully saturated rings. The predicted molar refractivity (Wildman–Crippen MR) is 108 cm³/mol. The number of methoxy groups -OCH3 is 1. The third kappa shape index (κ3) is 4.50. The van der Waals surface area contributed by atoms with Gasteiger partial charge in [-0.3, -0.25) is 4.79 Å². The lowest BCUT2D eigenvalue weighted by Gasteiger charge is -2.07. The summed E-state index contributed by atoms with van der Waals surface area (Å²) in [5.41, 5.74) is 1.91. The van der Waals surface area contributed by atoms with Gasteiger partial charge < -0.3 is 14.6 Å². The first kappa shape index (κ1) is 19.5. The molecule has 1 heterocycles. The monoisotopic (exact) mass is 393 g/mol. The van der Waals surface area contributed by atoms with Gasteiger partial charge in [-0.15, -0.1) is 10.2 Å². The summed E-state index contributed by atoms with van der Waals surface area (Å²) in [6.07, 6.45) is 0.301. The van der Waals surface area contributed by atoms with Crippen molar-refractivity contribution >= 4 is 23.4 Å². The largest absolute Gasteiger partial charge is 0.497 e. The van der Waals surface area contributed by atoms with Gasteiger partial charge in [0.05, 0.1) is 18.4 Å². The van der Waals surface area contributed by atoms with Gasteiger partial charge in [0.2, 0.25) is 5.91 Å². The van der Waals surface area contributed by atoms with E-state index in [-0.39, 0.29) is 5.91 Å². The van der Waals surface area contributed by atoms with Gasteiger partial charge in [-0.1, -0.05) is 23.9 Å². The lowest BCUT2D eigenvalue weighted by molar-refractivity contribution is -0.115. The van der Waals surface area contributed by atoms with Crippen molar-refractivity contribution in [2.75, 3.05) is 18.2 Å². The van der Waals surface area contributed by atoms with Gasteiger partial charge in [0.15, 0.2) is 11.0 Å². The van der Waals surface area contributed by atoms with Crippen molar-refractivity contribution in [1.29, 1.82) is 5.26 Å². The number of benzene rings is 2. The highest BCUT2D eigenvalue weighted by atomic mass is 32.2. The van der Waals surface area contributed by atoms with Gasteiger partial charge in [0, 0.05) is 24.8 Å². The minimum absolute atomic E-state index is 0.146. The molecule has 28 heavy (non-hydrogen) atoms. The highest BCUT2D eigenvalue weighted by molar-refractivity contribution is 7.99. The number of nitrogens with one attached hydrogen (secondary N) is 1. The van der Waals surface area contributed by atoms with E-state index in [1.165, 1.54) is 11.8 Å². The van der Waals surface area contributed by atoms with Crippen molar-refractivity contribution < 1.29 is 9.53 Å². The standard InChI is InChI=1S/C20H19N5O2S/c1-25-19(14-7-9-16(27-2)10-8-14)23-24-20(25)28-12-11-18(26)22-17-6-4-3-5-15(17)13-21/h3-10H,11-12H2,1-2H3,(H,22,26). The van der Waals surface area contributed by atoms with Gasteiger partial charge in [0.1, 0.15) is 11.8 Å². The molecule has 142 valence electrons. The zero-order valence-corrected chi connectivity index (χ0v) is 16.4. The molecule has 2 aromatic carbocycles. The number of rotatable bonds is 7. The number of anilines is 1. The molecule has 1 aromatic heterocycles. The van der Waals surface area contributed by atoms with Crippen molar-refractivity contribution in [1.82, 2.24) is 14.8 Å². The number of hydrogen-bond acceptors (Lipinski definition) is 6. The maximum Gasteiger partial charge on any atom is 0.225 e. The molecule has 1 N–H and O–H groups in total. The van der Waals surface area contributed by atoms with Crippen LogP contribution in [-0.2, 0) is 11.8 Å². The van der Waals surface area contributed by atoms with Crippen molar-refractivity contribution in [3.05, 3.63) is 54.1 Å². The highest BCUT2D eigenvalue weighted by Gasteiger charge is 2.12. The van der Waals surface area contributed by atoms with E-state index < -0.39 is 0 Å². The lowest BCUT2D eigenvalue weighted by atomic mass is 10.2. The van der Waals surface area contributed by atoms with Crippen LogP contribution < -0.4 is 10.1 Å². The molecule has 0 unspecified atom stereocenters. The maximum absolute atomic E-state index is 12.2. The Morgan fingerprint density at radius 3 is 2.68 bits per heavy atom. The van der Waals surface area contributed by atoms with Crippen molar-refractivity contribution in [3.63, 3.8) is 0 Å². The number of para-hydroxylation sites is 1.